The molecule has 2 aliphatic rings. The summed E-state index contributed by atoms with van der Waals surface area (Å²) in [6, 6.07) is 15.5. The van der Waals surface area contributed by atoms with Gasteiger partial charge in [-0.15, -0.1) is 0 Å². The van der Waals surface area contributed by atoms with Crippen LogP contribution in [-0.2, 0) is 32.1 Å². The van der Waals surface area contributed by atoms with Crippen molar-refractivity contribution in [3.8, 4) is 0 Å². The van der Waals surface area contributed by atoms with Crippen molar-refractivity contribution in [3.63, 3.8) is 0 Å². The lowest BCUT2D eigenvalue weighted by atomic mass is 9.84. The number of carbonyl (C=O) groups excluding carboxylic acids is 4. The molecule has 2 aliphatic carbocycles. The largest absolute Gasteiger partial charge is 0.445 e. The van der Waals surface area contributed by atoms with Gasteiger partial charge in [0, 0.05) is 24.0 Å². The van der Waals surface area contributed by atoms with Gasteiger partial charge in [0.1, 0.15) is 18.9 Å². The van der Waals surface area contributed by atoms with Crippen molar-refractivity contribution in [2.24, 2.45) is 5.92 Å². The third-order valence-corrected chi connectivity index (χ3v) is 8.85. The fraction of sp³-hybridized carbons (Fsp3) is 0.515. The third kappa shape index (κ3) is 9.31. The number of nitrogens with one attached hydrogen (secondary N) is 2. The first kappa shape index (κ1) is 31.5. The fourth-order valence-corrected chi connectivity index (χ4v) is 6.08. The number of likely N-dealkylation sites (N-methyl/N-ethyl adjacent to an activating group) is 1. The lowest BCUT2D eigenvalue weighted by Crippen LogP contribution is -2.51. The van der Waals surface area contributed by atoms with Crippen LogP contribution in [0.15, 0.2) is 54.6 Å². The van der Waals surface area contributed by atoms with E-state index in [2.05, 4.69) is 22.8 Å². The highest BCUT2D eigenvalue weighted by Gasteiger charge is 2.48. The van der Waals surface area contributed by atoms with Gasteiger partial charge >= 0.3 is 6.09 Å². The fourth-order valence-electron chi connectivity index (χ4n) is 5.87. The Hall–Kier alpha value is -3.39. The van der Waals surface area contributed by atoms with Gasteiger partial charge in [0.05, 0.1) is 6.04 Å². The van der Waals surface area contributed by atoms with Crippen LogP contribution in [0.1, 0.15) is 75.3 Å². The molecule has 0 radical (unpaired) electrons. The van der Waals surface area contributed by atoms with E-state index in [9.17, 15) is 19.2 Å². The number of hydrogen-bond acceptors (Lipinski definition) is 5. The van der Waals surface area contributed by atoms with Gasteiger partial charge in [0.2, 0.25) is 11.8 Å². The summed E-state index contributed by atoms with van der Waals surface area (Å²) in [4.78, 5) is 52.8. The average Bonchev–Trinajstić information content (AvgIpc) is 3.78. The quantitative estimate of drug-likeness (QED) is 0.277. The number of aldehydes is 1. The van der Waals surface area contributed by atoms with Crippen molar-refractivity contribution < 1.29 is 23.9 Å². The first-order chi connectivity index (χ1) is 20.3. The van der Waals surface area contributed by atoms with Crippen LogP contribution in [-0.4, -0.2) is 53.8 Å². The number of nitrogens with zero attached hydrogens (tertiary/aromatic N) is 1. The normalized spacial score (nSPS) is 17.4. The molecule has 0 heterocycles. The molecule has 0 aliphatic heterocycles. The topological polar surface area (TPSA) is 105 Å². The van der Waals surface area contributed by atoms with E-state index >= 15 is 0 Å². The van der Waals surface area contributed by atoms with Crippen LogP contribution >= 0.6 is 11.6 Å². The van der Waals surface area contributed by atoms with Crippen LogP contribution in [0.3, 0.4) is 0 Å². The number of ether oxygens (including phenoxy) is 1. The van der Waals surface area contributed by atoms with Crippen LogP contribution in [0.4, 0.5) is 4.79 Å². The zero-order chi connectivity index (χ0) is 30.0. The number of carbonyl (C=O) groups is 4. The summed E-state index contributed by atoms with van der Waals surface area (Å²) in [5.74, 6) is -0.195. The van der Waals surface area contributed by atoms with E-state index in [1.807, 2.05) is 30.1 Å². The Morgan fingerprint density at radius 3 is 2.40 bits per heavy atom. The Bertz CT molecular complexity index is 1210. The van der Waals surface area contributed by atoms with E-state index < -0.39 is 24.1 Å². The Morgan fingerprint density at radius 2 is 1.74 bits per heavy atom. The second-order valence-corrected chi connectivity index (χ2v) is 12.2. The molecule has 4 rings (SSSR count). The lowest BCUT2D eigenvalue weighted by Gasteiger charge is -2.29. The minimum absolute atomic E-state index is 0.0164. The third-order valence-electron chi connectivity index (χ3n) is 8.61. The summed E-state index contributed by atoms with van der Waals surface area (Å²) in [5.41, 5.74) is 1.74. The molecule has 8 nitrogen and oxygen atoms in total. The van der Waals surface area contributed by atoms with Gasteiger partial charge in [0.15, 0.2) is 0 Å². The molecule has 0 spiro atoms. The summed E-state index contributed by atoms with van der Waals surface area (Å²) in [6.45, 7) is 0.0164. The molecule has 0 saturated heterocycles. The van der Waals surface area contributed by atoms with Crippen molar-refractivity contribution in [2.75, 3.05) is 7.05 Å². The first-order valence-corrected chi connectivity index (χ1v) is 15.4. The van der Waals surface area contributed by atoms with Crippen LogP contribution in [0.2, 0.25) is 5.02 Å². The number of alkyl carbamates (subject to hydrolysis) is 1. The molecule has 0 bridgehead atoms. The Morgan fingerprint density at radius 1 is 1.02 bits per heavy atom. The molecule has 42 heavy (non-hydrogen) atoms. The molecular weight excluding hydrogens is 554 g/mol. The van der Waals surface area contributed by atoms with Gasteiger partial charge < -0.3 is 25.1 Å². The van der Waals surface area contributed by atoms with Crippen molar-refractivity contribution >= 4 is 35.8 Å². The van der Waals surface area contributed by atoms with Crippen molar-refractivity contribution in [3.05, 3.63) is 70.7 Å². The summed E-state index contributed by atoms with van der Waals surface area (Å²) in [5, 5.41) is 6.02. The summed E-state index contributed by atoms with van der Waals surface area (Å²) in [6.07, 6.45) is 8.78. The highest BCUT2D eigenvalue weighted by atomic mass is 35.5. The van der Waals surface area contributed by atoms with E-state index in [0.29, 0.717) is 23.6 Å². The van der Waals surface area contributed by atoms with E-state index in [0.717, 1.165) is 50.5 Å². The van der Waals surface area contributed by atoms with Gasteiger partial charge in [0.25, 0.3) is 0 Å². The Kier molecular flexibility index (Phi) is 11.4. The smallest absolute Gasteiger partial charge is 0.408 e. The van der Waals surface area contributed by atoms with Gasteiger partial charge in [-0.1, -0.05) is 86.2 Å². The van der Waals surface area contributed by atoms with Crippen LogP contribution in [0.25, 0.3) is 0 Å². The molecule has 3 amide bonds. The lowest BCUT2D eigenvalue weighted by molar-refractivity contribution is -0.133. The number of benzene rings is 2. The summed E-state index contributed by atoms with van der Waals surface area (Å²) < 4.78 is 5.36. The molecule has 9 heteroatoms. The van der Waals surface area contributed by atoms with Crippen molar-refractivity contribution in [2.45, 2.75) is 94.9 Å². The van der Waals surface area contributed by atoms with E-state index in [1.165, 1.54) is 12.0 Å². The monoisotopic (exact) mass is 595 g/mol. The van der Waals surface area contributed by atoms with Crippen LogP contribution < -0.4 is 10.6 Å². The molecule has 2 fully saturated rings. The molecule has 2 saturated carbocycles. The highest BCUT2D eigenvalue weighted by molar-refractivity contribution is 6.30. The van der Waals surface area contributed by atoms with Crippen molar-refractivity contribution in [1.29, 1.82) is 0 Å². The van der Waals surface area contributed by atoms with Crippen LogP contribution in [0.5, 0.6) is 0 Å². The Labute approximate surface area is 253 Å². The number of halogens is 1. The highest BCUT2D eigenvalue weighted by Crippen LogP contribution is 2.44. The minimum atomic E-state index is -0.846. The predicted molar refractivity (Wildman–Crippen MR) is 162 cm³/mol. The summed E-state index contributed by atoms with van der Waals surface area (Å²) in [7, 11) is 1.83. The molecule has 2 aromatic carbocycles. The number of amides is 3. The molecule has 226 valence electrons. The van der Waals surface area contributed by atoms with Gasteiger partial charge in [-0.3, -0.25) is 9.59 Å². The van der Waals surface area contributed by atoms with Gasteiger partial charge in [-0.2, -0.15) is 0 Å². The maximum absolute atomic E-state index is 13.3. The second kappa shape index (κ2) is 15.2. The van der Waals surface area contributed by atoms with Gasteiger partial charge in [-0.25, -0.2) is 4.79 Å². The van der Waals surface area contributed by atoms with Gasteiger partial charge in [-0.05, 0) is 61.3 Å². The maximum atomic E-state index is 13.3. The first-order valence-electron chi connectivity index (χ1n) is 15.0. The molecule has 2 atom stereocenters. The SMILES string of the molecule is CN(C(=O)CC[C@@H](C=O)NC(=O)[C@H](CC1CCCCC1)NC(=O)OCc1cccc(Cl)c1)C1(Cc2ccccc2)CC1. The zero-order valence-corrected chi connectivity index (χ0v) is 25.1. The molecule has 0 aromatic heterocycles. The number of rotatable bonds is 14. The maximum Gasteiger partial charge on any atom is 0.408 e. The van der Waals surface area contributed by atoms with Crippen molar-refractivity contribution in [1.82, 2.24) is 15.5 Å². The number of hydrogen-bond donors (Lipinski definition) is 2. The van der Waals surface area contributed by atoms with E-state index in [1.54, 1.807) is 24.3 Å². The Balaban J connectivity index is 1.30. The standard InChI is InChI=1S/C33H42ClN3O5/c1-37(33(17-18-33)21-25-11-6-3-7-12-25)30(39)16-15-28(22-38)35-31(40)29(20-24-9-4-2-5-10-24)36-32(41)42-23-26-13-8-14-27(34)19-26/h3,6-8,11-14,19,22,24,28-29H,2,4-5,9-10,15-18,20-21,23H2,1H3,(H,35,40)(H,36,41)/t28-,29-/m0/s1. The minimum Gasteiger partial charge on any atom is -0.445 e. The molecule has 0 unspecified atom stereocenters. The van der Waals surface area contributed by atoms with E-state index in [4.69, 9.17) is 16.3 Å². The molecule has 2 aromatic rings. The summed E-state index contributed by atoms with van der Waals surface area (Å²) >= 11 is 6.02. The average molecular weight is 596 g/mol. The molecular formula is C33H42ClN3O5. The predicted octanol–water partition coefficient (Wildman–Crippen LogP) is 5.60. The second-order valence-electron chi connectivity index (χ2n) is 11.8. The van der Waals surface area contributed by atoms with Crippen LogP contribution in [0, 0.1) is 5.92 Å². The van der Waals surface area contributed by atoms with E-state index in [-0.39, 0.29) is 30.9 Å². The zero-order valence-electron chi connectivity index (χ0n) is 24.4. The molecule has 2 N–H and O–H groups in total.